The molecule has 2 N–H and O–H groups in total. The molecule has 1 unspecified atom stereocenters. The number of hydrogen-bond donors (Lipinski definition) is 2. The molecule has 0 radical (unpaired) electrons. The first-order valence-electron chi connectivity index (χ1n) is 13.7. The van der Waals surface area contributed by atoms with Crippen LogP contribution in [-0.2, 0) is 9.47 Å². The zero-order chi connectivity index (χ0) is 27.8. The summed E-state index contributed by atoms with van der Waals surface area (Å²) < 4.78 is 18.4. The maximum absolute atomic E-state index is 13.5. The molecule has 1 amide bonds. The summed E-state index contributed by atoms with van der Waals surface area (Å²) in [4.78, 5) is 22.3. The molecule has 3 heterocycles. The van der Waals surface area contributed by atoms with Gasteiger partial charge < -0.3 is 34.4 Å². The molecule has 10 nitrogen and oxygen atoms in total. The minimum absolute atomic E-state index is 0.0122. The van der Waals surface area contributed by atoms with Crippen LogP contribution in [0.2, 0.25) is 0 Å². The summed E-state index contributed by atoms with van der Waals surface area (Å²) in [7, 11) is 2.09. The van der Waals surface area contributed by atoms with Crippen molar-refractivity contribution in [3.63, 3.8) is 0 Å². The molecule has 212 valence electrons. The Hall–Kier alpha value is -3.34. The monoisotopic (exact) mass is 539 g/mol. The lowest BCUT2D eigenvalue weighted by molar-refractivity contribution is -0.0847. The first-order chi connectivity index (χ1) is 18.9. The summed E-state index contributed by atoms with van der Waals surface area (Å²) in [6, 6.07) is 12.2. The van der Waals surface area contributed by atoms with Crippen molar-refractivity contribution in [3.05, 3.63) is 48.8 Å². The molecule has 1 saturated heterocycles. The van der Waals surface area contributed by atoms with Gasteiger partial charge in [-0.3, -0.25) is 4.57 Å². The molecular formula is C29H41N5O5. The maximum Gasteiger partial charge on any atom is 0.328 e. The minimum atomic E-state index is -0.481. The number of benzene rings is 1. The van der Waals surface area contributed by atoms with E-state index in [4.69, 9.17) is 19.3 Å². The van der Waals surface area contributed by atoms with Crippen molar-refractivity contribution in [3.8, 4) is 5.75 Å². The third-order valence-corrected chi connectivity index (χ3v) is 6.84. The number of piperidine rings is 1. The van der Waals surface area contributed by atoms with Crippen LogP contribution in [0.4, 0.5) is 16.3 Å². The number of nitrogens with zero attached hydrogens (tertiary/aromatic N) is 4. The fourth-order valence-corrected chi connectivity index (χ4v) is 4.89. The Bertz CT molecular complexity index is 1210. The molecule has 39 heavy (non-hydrogen) atoms. The lowest BCUT2D eigenvalue weighted by Gasteiger charge is -2.38. The number of carbonyl (C=O) groups is 1. The van der Waals surface area contributed by atoms with Gasteiger partial charge in [0.1, 0.15) is 5.75 Å². The number of aliphatic hydroxyl groups excluding tert-OH is 1. The number of nitrogens with one attached hydrogen (secondary N) is 1. The predicted molar refractivity (Wildman–Crippen MR) is 153 cm³/mol. The van der Waals surface area contributed by atoms with Crippen molar-refractivity contribution in [1.29, 1.82) is 0 Å². The molecule has 1 aromatic carbocycles. The lowest BCUT2D eigenvalue weighted by atomic mass is 10.0. The predicted octanol–water partition coefficient (Wildman–Crippen LogP) is 4.18. The van der Waals surface area contributed by atoms with Gasteiger partial charge in [-0.2, -0.15) is 0 Å². The van der Waals surface area contributed by atoms with Crippen LogP contribution in [0.5, 0.6) is 5.75 Å². The number of hydrogen-bond acceptors (Lipinski definition) is 8. The normalized spacial score (nSPS) is 15.1. The summed E-state index contributed by atoms with van der Waals surface area (Å²) >= 11 is 0. The summed E-state index contributed by atoms with van der Waals surface area (Å²) in [5.74, 6) is 1.57. The van der Waals surface area contributed by atoms with E-state index >= 15 is 0 Å². The van der Waals surface area contributed by atoms with Gasteiger partial charge in [0.2, 0.25) is 0 Å². The van der Waals surface area contributed by atoms with E-state index in [1.54, 1.807) is 4.57 Å². The number of fused-ring (bicyclic) bond motifs is 1. The molecule has 0 bridgehead atoms. The van der Waals surface area contributed by atoms with Crippen LogP contribution < -0.4 is 15.0 Å². The molecule has 4 rings (SSSR count). The summed E-state index contributed by atoms with van der Waals surface area (Å²) in [6.07, 6.45) is 4.90. The Kier molecular flexibility index (Phi) is 10.0. The fourth-order valence-electron chi connectivity index (χ4n) is 4.89. The van der Waals surface area contributed by atoms with Crippen LogP contribution in [-0.4, -0.2) is 90.5 Å². The number of likely N-dealkylation sites (tertiary alicyclic amines) is 1. The second-order valence-corrected chi connectivity index (χ2v) is 10.1. The highest BCUT2D eigenvalue weighted by molar-refractivity contribution is 5.92. The first-order valence-corrected chi connectivity index (χ1v) is 13.7. The van der Waals surface area contributed by atoms with Gasteiger partial charge in [0.05, 0.1) is 37.6 Å². The van der Waals surface area contributed by atoms with Gasteiger partial charge >= 0.3 is 6.03 Å². The van der Waals surface area contributed by atoms with Crippen LogP contribution >= 0.6 is 0 Å². The number of carbonyl (C=O) groups excluding carboxylic acids is 1. The van der Waals surface area contributed by atoms with Gasteiger partial charge in [-0.25, -0.2) is 9.78 Å². The quantitative estimate of drug-likeness (QED) is 0.261. The molecule has 1 fully saturated rings. The Morgan fingerprint density at radius 3 is 2.69 bits per heavy atom. The maximum atomic E-state index is 13.5. The second-order valence-electron chi connectivity index (χ2n) is 10.1. The van der Waals surface area contributed by atoms with E-state index in [0.29, 0.717) is 44.1 Å². The van der Waals surface area contributed by atoms with E-state index in [1.807, 2.05) is 54.5 Å². The molecule has 1 aliphatic rings. The van der Waals surface area contributed by atoms with Crippen LogP contribution in [0, 0.1) is 0 Å². The summed E-state index contributed by atoms with van der Waals surface area (Å²) in [5, 5.41) is 13.2. The zero-order valence-electron chi connectivity index (χ0n) is 23.4. The average Bonchev–Trinajstić information content (AvgIpc) is 3.35. The van der Waals surface area contributed by atoms with E-state index in [-0.39, 0.29) is 19.2 Å². The van der Waals surface area contributed by atoms with E-state index in [2.05, 4.69) is 42.2 Å². The number of amides is 1. The van der Waals surface area contributed by atoms with Crippen molar-refractivity contribution < 1.29 is 24.1 Å². The third-order valence-electron chi connectivity index (χ3n) is 6.84. The van der Waals surface area contributed by atoms with Gasteiger partial charge in [-0.1, -0.05) is 0 Å². The first kappa shape index (κ1) is 28.7. The largest absolute Gasteiger partial charge is 0.465 e. The van der Waals surface area contributed by atoms with Crippen LogP contribution in [0.15, 0.2) is 48.8 Å². The van der Waals surface area contributed by atoms with Crippen molar-refractivity contribution in [2.45, 2.75) is 52.0 Å². The Balaban J connectivity index is 1.36. The van der Waals surface area contributed by atoms with Gasteiger partial charge in [-0.15, -0.1) is 0 Å². The summed E-state index contributed by atoms with van der Waals surface area (Å²) in [5.41, 5.74) is 1.83. The Labute approximate surface area is 230 Å². The molecule has 0 spiro atoms. The third kappa shape index (κ3) is 7.40. The van der Waals surface area contributed by atoms with Crippen LogP contribution in [0.3, 0.4) is 0 Å². The molecule has 3 aromatic rings. The zero-order valence-corrected chi connectivity index (χ0v) is 23.4. The van der Waals surface area contributed by atoms with Crippen LogP contribution in [0.1, 0.15) is 33.6 Å². The number of rotatable bonds is 12. The van der Waals surface area contributed by atoms with E-state index in [9.17, 15) is 4.79 Å². The minimum Gasteiger partial charge on any atom is -0.465 e. The van der Waals surface area contributed by atoms with E-state index < -0.39 is 6.29 Å². The SMILES string of the molecule is CC(C)Nc1cccnc1N(C)C1CCN(C(=O)n2ccc3ccc(OC(C)OCCOCCO)cc32)CC1. The van der Waals surface area contributed by atoms with E-state index in [0.717, 1.165) is 35.2 Å². The lowest BCUT2D eigenvalue weighted by Crippen LogP contribution is -2.47. The Morgan fingerprint density at radius 2 is 1.95 bits per heavy atom. The number of anilines is 2. The summed E-state index contributed by atoms with van der Waals surface area (Å²) in [6.45, 7) is 8.42. The molecule has 10 heteroatoms. The smallest absolute Gasteiger partial charge is 0.328 e. The molecule has 1 aliphatic heterocycles. The van der Waals surface area contributed by atoms with Gasteiger partial charge in [0, 0.05) is 56.1 Å². The van der Waals surface area contributed by atoms with Gasteiger partial charge in [0.25, 0.3) is 0 Å². The van der Waals surface area contributed by atoms with Gasteiger partial charge in [0.15, 0.2) is 12.1 Å². The number of pyridine rings is 1. The average molecular weight is 540 g/mol. The molecular weight excluding hydrogens is 498 g/mol. The van der Waals surface area contributed by atoms with Crippen molar-refractivity contribution in [2.75, 3.05) is 56.8 Å². The standard InChI is InChI=1S/C29H41N5O5/c1-21(2)31-26-6-5-12-30-28(26)32(4)24-10-13-33(14-11-24)29(36)34-15-9-23-7-8-25(20-27(23)34)39-22(3)38-19-18-37-17-16-35/h5-9,12,15,20-22,24,31,35H,10-11,13-14,16-19H2,1-4H3. The molecule has 0 saturated carbocycles. The second kappa shape index (κ2) is 13.6. The number of aliphatic hydroxyl groups is 1. The van der Waals surface area contributed by atoms with Gasteiger partial charge in [-0.05, 0) is 63.9 Å². The fraction of sp³-hybridized carbons (Fsp3) is 0.517. The number of aromatic nitrogens is 2. The Morgan fingerprint density at radius 1 is 1.15 bits per heavy atom. The molecule has 0 aliphatic carbocycles. The van der Waals surface area contributed by atoms with E-state index in [1.165, 1.54) is 0 Å². The topological polar surface area (TPSA) is 101 Å². The van der Waals surface area contributed by atoms with Crippen molar-refractivity contribution in [1.82, 2.24) is 14.5 Å². The molecule has 1 atom stereocenters. The van der Waals surface area contributed by atoms with Crippen molar-refractivity contribution >= 4 is 28.4 Å². The number of ether oxygens (including phenoxy) is 3. The highest BCUT2D eigenvalue weighted by Gasteiger charge is 2.28. The highest BCUT2D eigenvalue weighted by atomic mass is 16.7. The molecule has 2 aromatic heterocycles. The van der Waals surface area contributed by atoms with Crippen LogP contribution in [0.25, 0.3) is 10.9 Å². The van der Waals surface area contributed by atoms with Crippen molar-refractivity contribution in [2.24, 2.45) is 0 Å². The highest BCUT2D eigenvalue weighted by Crippen LogP contribution is 2.29.